The highest BCUT2D eigenvalue weighted by Gasteiger charge is 2.50. The Labute approximate surface area is 298 Å². The Morgan fingerprint density at radius 1 is 0.760 bits per heavy atom. The number of hydrogen-bond acceptors (Lipinski definition) is 6. The van der Waals surface area contributed by atoms with E-state index in [4.69, 9.17) is 4.74 Å². The van der Waals surface area contributed by atoms with E-state index in [-0.39, 0.29) is 31.3 Å². The molecule has 50 heavy (non-hydrogen) atoms. The van der Waals surface area contributed by atoms with Gasteiger partial charge in [0.15, 0.2) is 0 Å². The topological polar surface area (TPSA) is 134 Å². The number of carbonyl (C=O) groups excluding carboxylic acids is 4. The molecule has 0 aliphatic rings. The van der Waals surface area contributed by atoms with Gasteiger partial charge in [0.25, 0.3) is 8.32 Å². The van der Waals surface area contributed by atoms with Crippen LogP contribution in [0.5, 0.6) is 0 Å². The summed E-state index contributed by atoms with van der Waals surface area (Å²) in [4.78, 5) is 65.8. The molecule has 3 aromatic rings. The van der Waals surface area contributed by atoms with Crippen LogP contribution in [0.1, 0.15) is 79.2 Å². The number of rotatable bonds is 19. The van der Waals surface area contributed by atoms with Crippen LogP contribution in [0.2, 0.25) is 5.04 Å². The van der Waals surface area contributed by atoms with Crippen molar-refractivity contribution < 1.29 is 28.7 Å². The zero-order valence-electron chi connectivity index (χ0n) is 30.4. The van der Waals surface area contributed by atoms with Crippen molar-refractivity contribution in [3.8, 4) is 0 Å². The fourth-order valence-corrected chi connectivity index (χ4v) is 9.97. The van der Waals surface area contributed by atoms with Gasteiger partial charge in [0.05, 0.1) is 6.61 Å². The van der Waals surface area contributed by atoms with Crippen molar-refractivity contribution in [3.05, 3.63) is 96.6 Å². The minimum Gasteiger partial charge on any atom is -0.464 e. The second-order valence-corrected chi connectivity index (χ2v) is 18.0. The molecular weight excluding hydrogens is 647 g/mol. The molecule has 3 aromatic carbocycles. The zero-order valence-corrected chi connectivity index (χ0v) is 31.4. The van der Waals surface area contributed by atoms with Crippen molar-refractivity contribution in [2.24, 2.45) is 5.92 Å². The van der Waals surface area contributed by atoms with E-state index >= 15 is 0 Å². The van der Waals surface area contributed by atoms with E-state index in [2.05, 4.69) is 16.0 Å². The molecule has 0 spiro atoms. The van der Waals surface area contributed by atoms with Crippen molar-refractivity contribution in [1.82, 2.24) is 16.0 Å². The van der Waals surface area contributed by atoms with Crippen LogP contribution in [-0.2, 0) is 30.3 Å². The SMILES string of the molecule is CCCCOC(=O)C(Cc1ccccc1)NC(=O)[C@H](CC(C)C)NC(=O)[C@H](CCC(C)(C)[Si](O)(c1ccccc1)c1ccccc1)NC(C)=O. The lowest BCUT2D eigenvalue weighted by atomic mass is 9.99. The number of benzene rings is 3. The summed E-state index contributed by atoms with van der Waals surface area (Å²) in [7, 11) is -3.37. The quantitative estimate of drug-likeness (QED) is 0.0832. The average Bonchev–Trinajstić information content (AvgIpc) is 3.09. The standard InChI is InChI=1S/C40H55N3O6Si/c1-7-8-26-49-39(47)36(28-31-18-12-9-13-19-31)43-38(46)35(27-29(2)3)42-37(45)34(41-30(4)44)24-25-40(5,6)50(48,32-20-14-10-15-21-32)33-22-16-11-17-23-33/h9-23,29,34-36,48H,7-8,24-28H2,1-6H3,(H,41,44)(H,42,45)(H,43,46)/t34-,35-,36?/m0/s1. The first-order chi connectivity index (χ1) is 23.8. The molecule has 0 fully saturated rings. The molecular formula is C40H55N3O6Si. The summed E-state index contributed by atoms with van der Waals surface area (Å²) in [6, 6.07) is 25.7. The van der Waals surface area contributed by atoms with Gasteiger partial charge in [0.2, 0.25) is 17.7 Å². The predicted molar refractivity (Wildman–Crippen MR) is 200 cm³/mol. The molecule has 0 aliphatic heterocycles. The first-order valence-corrected chi connectivity index (χ1v) is 19.6. The van der Waals surface area contributed by atoms with E-state index in [1.165, 1.54) is 6.92 Å². The van der Waals surface area contributed by atoms with E-state index in [9.17, 15) is 24.0 Å². The van der Waals surface area contributed by atoms with Crippen molar-refractivity contribution in [3.63, 3.8) is 0 Å². The van der Waals surface area contributed by atoms with Gasteiger partial charge < -0.3 is 25.5 Å². The third-order valence-corrected chi connectivity index (χ3v) is 13.6. The van der Waals surface area contributed by atoms with Gasteiger partial charge in [-0.2, -0.15) is 0 Å². The Morgan fingerprint density at radius 3 is 1.76 bits per heavy atom. The van der Waals surface area contributed by atoms with Gasteiger partial charge in [-0.3, -0.25) is 14.4 Å². The van der Waals surface area contributed by atoms with E-state index in [1.54, 1.807) is 0 Å². The number of carbonyl (C=O) groups is 4. The molecule has 9 nitrogen and oxygen atoms in total. The van der Waals surface area contributed by atoms with Crippen molar-refractivity contribution in [2.45, 2.75) is 103 Å². The average molecular weight is 702 g/mol. The highest BCUT2D eigenvalue weighted by Crippen LogP contribution is 2.40. The predicted octanol–water partition coefficient (Wildman–Crippen LogP) is 4.41. The molecule has 0 saturated carbocycles. The lowest BCUT2D eigenvalue weighted by molar-refractivity contribution is -0.148. The smallest absolute Gasteiger partial charge is 0.328 e. The van der Waals surface area contributed by atoms with Crippen molar-refractivity contribution in [2.75, 3.05) is 6.61 Å². The molecule has 0 saturated heterocycles. The van der Waals surface area contributed by atoms with Crippen LogP contribution in [0.3, 0.4) is 0 Å². The van der Waals surface area contributed by atoms with Crippen LogP contribution in [0.4, 0.5) is 0 Å². The maximum Gasteiger partial charge on any atom is 0.328 e. The second-order valence-electron chi connectivity index (χ2n) is 14.1. The molecule has 3 atom stereocenters. The molecule has 4 N–H and O–H groups in total. The summed E-state index contributed by atoms with van der Waals surface area (Å²) >= 11 is 0. The van der Waals surface area contributed by atoms with Gasteiger partial charge in [-0.25, -0.2) is 4.79 Å². The van der Waals surface area contributed by atoms with Gasteiger partial charge in [0.1, 0.15) is 18.1 Å². The highest BCUT2D eigenvalue weighted by atomic mass is 28.4. The third-order valence-electron chi connectivity index (χ3n) is 9.08. The van der Waals surface area contributed by atoms with Gasteiger partial charge in [0, 0.05) is 13.3 Å². The number of amides is 3. The highest BCUT2D eigenvalue weighted by molar-refractivity contribution is 6.98. The van der Waals surface area contributed by atoms with Crippen LogP contribution >= 0.6 is 0 Å². The summed E-state index contributed by atoms with van der Waals surface area (Å²) in [5.41, 5.74) is 0.859. The Kier molecular flexibility index (Phi) is 15.4. The van der Waals surface area contributed by atoms with Gasteiger partial charge in [-0.15, -0.1) is 0 Å². The van der Waals surface area contributed by atoms with E-state index < -0.39 is 49.3 Å². The number of ether oxygens (including phenoxy) is 1. The maximum atomic E-state index is 13.9. The second kappa shape index (κ2) is 19.2. The van der Waals surface area contributed by atoms with Crippen LogP contribution in [0.25, 0.3) is 0 Å². The molecule has 3 rings (SSSR count). The Balaban J connectivity index is 1.83. The molecule has 0 bridgehead atoms. The first-order valence-electron chi connectivity index (χ1n) is 17.7. The van der Waals surface area contributed by atoms with Gasteiger partial charge >= 0.3 is 5.97 Å². The fourth-order valence-electron chi connectivity index (χ4n) is 6.22. The first kappa shape index (κ1) is 40.1. The summed E-state index contributed by atoms with van der Waals surface area (Å²) < 4.78 is 5.49. The number of unbranched alkanes of at least 4 members (excludes halogenated alkanes) is 1. The Morgan fingerprint density at radius 2 is 1.26 bits per heavy atom. The minimum atomic E-state index is -3.37. The molecule has 3 amide bonds. The molecule has 0 heterocycles. The summed E-state index contributed by atoms with van der Waals surface area (Å²) in [6.45, 7) is 11.5. The van der Waals surface area contributed by atoms with Crippen LogP contribution in [-0.4, -0.2) is 61.5 Å². The minimum absolute atomic E-state index is 0.0334. The summed E-state index contributed by atoms with van der Waals surface area (Å²) in [6.07, 6.45) is 2.75. The zero-order chi connectivity index (χ0) is 36.7. The van der Waals surface area contributed by atoms with Crippen LogP contribution in [0, 0.1) is 5.92 Å². The molecule has 270 valence electrons. The van der Waals surface area contributed by atoms with E-state index in [1.807, 2.05) is 126 Å². The van der Waals surface area contributed by atoms with Crippen molar-refractivity contribution >= 4 is 42.4 Å². The normalized spacial score (nSPS) is 13.5. The van der Waals surface area contributed by atoms with E-state index in [0.717, 1.165) is 22.4 Å². The molecule has 10 heteroatoms. The number of esters is 1. The van der Waals surface area contributed by atoms with Crippen LogP contribution < -0.4 is 26.3 Å². The summed E-state index contributed by atoms with van der Waals surface area (Å²) in [5, 5.41) is 9.55. The lowest BCUT2D eigenvalue weighted by Crippen LogP contribution is -2.65. The number of hydrogen-bond donors (Lipinski definition) is 4. The lowest BCUT2D eigenvalue weighted by Gasteiger charge is -2.42. The van der Waals surface area contributed by atoms with Gasteiger partial charge in [-0.05, 0) is 52.6 Å². The third kappa shape index (κ3) is 11.4. The molecule has 0 aromatic heterocycles. The Bertz CT molecular complexity index is 1480. The van der Waals surface area contributed by atoms with Crippen molar-refractivity contribution in [1.29, 1.82) is 0 Å². The van der Waals surface area contributed by atoms with E-state index in [0.29, 0.717) is 19.3 Å². The van der Waals surface area contributed by atoms with Crippen LogP contribution in [0.15, 0.2) is 91.0 Å². The molecule has 1 unspecified atom stereocenters. The maximum absolute atomic E-state index is 13.9. The summed E-state index contributed by atoms with van der Waals surface area (Å²) in [5.74, 6) is -1.89. The molecule has 0 aliphatic carbocycles. The largest absolute Gasteiger partial charge is 0.464 e. The van der Waals surface area contributed by atoms with Gasteiger partial charge in [-0.1, -0.05) is 132 Å². The Hall–Kier alpha value is -4.28. The number of nitrogens with one attached hydrogen (secondary N) is 3. The molecule has 0 radical (unpaired) electrons. The monoisotopic (exact) mass is 701 g/mol. The fraction of sp³-hybridized carbons (Fsp3) is 0.450.